The molecule has 98 valence electrons. The Kier molecular flexibility index (Phi) is 5.63. The number of nitrogens with two attached hydrogens (primary N) is 1. The molecular formula is C14H26N2S. The van der Waals surface area contributed by atoms with Gasteiger partial charge in [0.25, 0.3) is 0 Å². The van der Waals surface area contributed by atoms with E-state index in [1.807, 2.05) is 11.3 Å². The van der Waals surface area contributed by atoms with E-state index in [-0.39, 0.29) is 0 Å². The summed E-state index contributed by atoms with van der Waals surface area (Å²) in [6.45, 7) is 11.7. The first kappa shape index (κ1) is 14.7. The van der Waals surface area contributed by atoms with Crippen molar-refractivity contribution in [2.45, 2.75) is 40.7 Å². The van der Waals surface area contributed by atoms with Gasteiger partial charge in [0.05, 0.1) is 0 Å². The molecular weight excluding hydrogens is 228 g/mol. The number of nitrogens with one attached hydrogen (secondary N) is 1. The monoisotopic (exact) mass is 254 g/mol. The van der Waals surface area contributed by atoms with Gasteiger partial charge in [0.15, 0.2) is 0 Å². The number of rotatable bonds is 6. The summed E-state index contributed by atoms with van der Waals surface area (Å²) in [6, 6.07) is 4.38. The van der Waals surface area contributed by atoms with Gasteiger partial charge in [0, 0.05) is 16.3 Å². The Balaban J connectivity index is 2.28. The van der Waals surface area contributed by atoms with Gasteiger partial charge in [-0.1, -0.05) is 20.8 Å². The van der Waals surface area contributed by atoms with Crippen LogP contribution >= 0.6 is 11.3 Å². The molecule has 2 nitrogen and oxygen atoms in total. The molecule has 0 saturated heterocycles. The maximum atomic E-state index is 5.83. The summed E-state index contributed by atoms with van der Waals surface area (Å²) in [5, 5.41) is 3.52. The molecule has 17 heavy (non-hydrogen) atoms. The summed E-state index contributed by atoms with van der Waals surface area (Å²) in [5.74, 6) is 0.580. The third-order valence-electron chi connectivity index (χ3n) is 2.76. The number of hydrogen-bond acceptors (Lipinski definition) is 3. The van der Waals surface area contributed by atoms with Crippen molar-refractivity contribution in [3.05, 3.63) is 21.9 Å². The summed E-state index contributed by atoms with van der Waals surface area (Å²) in [6.07, 6.45) is 1.18. The lowest BCUT2D eigenvalue weighted by atomic mass is 9.84. The van der Waals surface area contributed by atoms with Crippen molar-refractivity contribution in [3.63, 3.8) is 0 Å². The first-order chi connectivity index (χ1) is 7.90. The van der Waals surface area contributed by atoms with E-state index in [1.54, 1.807) is 0 Å². The van der Waals surface area contributed by atoms with Gasteiger partial charge in [0.2, 0.25) is 0 Å². The van der Waals surface area contributed by atoms with Crippen LogP contribution in [-0.4, -0.2) is 13.1 Å². The third-order valence-corrected chi connectivity index (χ3v) is 3.76. The molecule has 0 bridgehead atoms. The smallest absolute Gasteiger partial charge is 0.0299 e. The van der Waals surface area contributed by atoms with Crippen molar-refractivity contribution < 1.29 is 0 Å². The largest absolute Gasteiger partial charge is 0.330 e. The highest BCUT2D eigenvalue weighted by molar-refractivity contribution is 7.11. The Morgan fingerprint density at radius 2 is 2.06 bits per heavy atom. The number of aryl methyl sites for hydroxylation is 1. The fourth-order valence-corrected chi connectivity index (χ4v) is 2.94. The van der Waals surface area contributed by atoms with E-state index in [2.05, 4.69) is 45.1 Å². The predicted octanol–water partition coefficient (Wildman–Crippen LogP) is 3.16. The summed E-state index contributed by atoms with van der Waals surface area (Å²) in [7, 11) is 0. The van der Waals surface area contributed by atoms with Gasteiger partial charge in [-0.05, 0) is 49.9 Å². The lowest BCUT2D eigenvalue weighted by molar-refractivity contribution is 0.290. The minimum Gasteiger partial charge on any atom is -0.330 e. The van der Waals surface area contributed by atoms with E-state index in [4.69, 9.17) is 5.73 Å². The molecule has 1 aromatic heterocycles. The highest BCUT2D eigenvalue weighted by Gasteiger charge is 2.17. The average Bonchev–Trinajstić information content (AvgIpc) is 2.61. The molecule has 1 heterocycles. The van der Waals surface area contributed by atoms with E-state index in [0.29, 0.717) is 11.3 Å². The molecule has 0 fully saturated rings. The maximum absolute atomic E-state index is 5.83. The lowest BCUT2D eigenvalue weighted by Gasteiger charge is -2.25. The van der Waals surface area contributed by atoms with Gasteiger partial charge < -0.3 is 11.1 Å². The third kappa shape index (κ3) is 6.20. The summed E-state index contributed by atoms with van der Waals surface area (Å²) >= 11 is 1.87. The molecule has 1 aromatic rings. The van der Waals surface area contributed by atoms with E-state index >= 15 is 0 Å². The Morgan fingerprint density at radius 3 is 2.53 bits per heavy atom. The summed E-state index contributed by atoms with van der Waals surface area (Å²) < 4.78 is 0. The van der Waals surface area contributed by atoms with Crippen LogP contribution in [0.15, 0.2) is 12.1 Å². The maximum Gasteiger partial charge on any atom is 0.0299 e. The topological polar surface area (TPSA) is 38.0 Å². The van der Waals surface area contributed by atoms with E-state index in [1.165, 1.54) is 16.2 Å². The lowest BCUT2D eigenvalue weighted by Crippen LogP contribution is -2.30. The Labute approximate surface area is 110 Å². The Hall–Kier alpha value is -0.380. The van der Waals surface area contributed by atoms with Gasteiger partial charge in [-0.25, -0.2) is 0 Å². The fourth-order valence-electron chi connectivity index (χ4n) is 2.08. The molecule has 0 aliphatic carbocycles. The van der Waals surface area contributed by atoms with Gasteiger partial charge in [-0.3, -0.25) is 0 Å². The van der Waals surface area contributed by atoms with Crippen molar-refractivity contribution in [2.75, 3.05) is 13.1 Å². The standard InChI is InChI=1S/C14H26N2S/c1-11-5-6-13(17-11)10-16-9-12(8-15)7-14(2,3)4/h5-6,12,16H,7-10,15H2,1-4H3. The fraction of sp³-hybridized carbons (Fsp3) is 0.714. The van der Waals surface area contributed by atoms with Crippen LogP contribution in [0.1, 0.15) is 36.9 Å². The zero-order valence-corrected chi connectivity index (χ0v) is 12.4. The molecule has 0 aliphatic rings. The second kappa shape index (κ2) is 6.53. The molecule has 0 spiro atoms. The van der Waals surface area contributed by atoms with Crippen LogP contribution < -0.4 is 11.1 Å². The normalized spacial score (nSPS) is 13.9. The number of hydrogen-bond donors (Lipinski definition) is 2. The zero-order valence-electron chi connectivity index (χ0n) is 11.5. The predicted molar refractivity (Wildman–Crippen MR) is 77.4 cm³/mol. The van der Waals surface area contributed by atoms with Crippen molar-refractivity contribution in [3.8, 4) is 0 Å². The average molecular weight is 254 g/mol. The molecule has 0 aliphatic heterocycles. The van der Waals surface area contributed by atoms with Crippen LogP contribution in [0.3, 0.4) is 0 Å². The van der Waals surface area contributed by atoms with Crippen molar-refractivity contribution >= 4 is 11.3 Å². The van der Waals surface area contributed by atoms with Gasteiger partial charge in [-0.2, -0.15) is 0 Å². The SMILES string of the molecule is Cc1ccc(CNCC(CN)CC(C)(C)C)s1. The molecule has 1 atom stereocenters. The van der Waals surface area contributed by atoms with Crippen molar-refractivity contribution in [2.24, 2.45) is 17.1 Å². The Morgan fingerprint density at radius 1 is 1.35 bits per heavy atom. The van der Waals surface area contributed by atoms with Gasteiger partial charge in [-0.15, -0.1) is 11.3 Å². The van der Waals surface area contributed by atoms with Crippen molar-refractivity contribution in [1.29, 1.82) is 0 Å². The van der Waals surface area contributed by atoms with Crippen LogP contribution in [0.25, 0.3) is 0 Å². The summed E-state index contributed by atoms with van der Waals surface area (Å²) in [5.41, 5.74) is 6.19. The summed E-state index contributed by atoms with van der Waals surface area (Å²) in [4.78, 5) is 2.79. The molecule has 1 unspecified atom stereocenters. The highest BCUT2D eigenvalue weighted by atomic mass is 32.1. The number of thiophene rings is 1. The van der Waals surface area contributed by atoms with Crippen LogP contribution in [0.2, 0.25) is 0 Å². The van der Waals surface area contributed by atoms with E-state index in [9.17, 15) is 0 Å². The molecule has 3 N–H and O–H groups in total. The van der Waals surface area contributed by atoms with E-state index < -0.39 is 0 Å². The van der Waals surface area contributed by atoms with Gasteiger partial charge in [0.1, 0.15) is 0 Å². The molecule has 0 amide bonds. The quantitative estimate of drug-likeness (QED) is 0.818. The molecule has 3 heteroatoms. The highest BCUT2D eigenvalue weighted by Crippen LogP contribution is 2.23. The molecule has 0 aromatic carbocycles. The Bertz CT molecular complexity index is 325. The first-order valence-corrected chi connectivity index (χ1v) is 7.18. The minimum atomic E-state index is 0.366. The van der Waals surface area contributed by atoms with Crippen LogP contribution in [-0.2, 0) is 6.54 Å². The van der Waals surface area contributed by atoms with Crippen LogP contribution in [0, 0.1) is 18.3 Å². The van der Waals surface area contributed by atoms with Crippen LogP contribution in [0.4, 0.5) is 0 Å². The zero-order chi connectivity index (χ0) is 12.9. The van der Waals surface area contributed by atoms with Crippen LogP contribution in [0.5, 0.6) is 0 Å². The molecule has 0 saturated carbocycles. The second-order valence-corrected chi connectivity index (χ2v) is 7.38. The van der Waals surface area contributed by atoms with Crippen molar-refractivity contribution in [1.82, 2.24) is 5.32 Å². The second-order valence-electron chi connectivity index (χ2n) is 6.01. The van der Waals surface area contributed by atoms with Gasteiger partial charge >= 0.3 is 0 Å². The first-order valence-electron chi connectivity index (χ1n) is 6.37. The minimum absolute atomic E-state index is 0.366. The molecule has 1 rings (SSSR count). The van der Waals surface area contributed by atoms with E-state index in [0.717, 1.165) is 19.6 Å². The molecule has 0 radical (unpaired) electrons.